The number of nitrogens with one attached hydrogen (secondary N) is 1. The molecule has 2 N–H and O–H groups in total. The Kier molecular flexibility index (Phi) is 3.89. The highest BCUT2D eigenvalue weighted by Crippen LogP contribution is 2.26. The van der Waals surface area contributed by atoms with Crippen LogP contribution in [0.1, 0.15) is 30.5 Å². The van der Waals surface area contributed by atoms with E-state index in [1.807, 2.05) is 0 Å². The zero-order valence-corrected chi connectivity index (χ0v) is 10.1. The Morgan fingerprint density at radius 3 is 2.53 bits per heavy atom. The third-order valence-corrected chi connectivity index (χ3v) is 2.80. The Labute approximate surface area is 92.3 Å². The Morgan fingerprint density at radius 1 is 1.27 bits per heavy atom. The standard InChI is InChI=1S/C13H21NO/c1-10-5-6-11(2)12(7-10)13(3,4)8-14-9-15/h5-7,14-15H,8-9H2,1-4H3. The minimum Gasteiger partial charge on any atom is -0.381 e. The minimum absolute atomic E-state index is 0.0360. The fraction of sp³-hybridized carbons (Fsp3) is 0.538. The molecule has 0 aliphatic heterocycles. The van der Waals surface area contributed by atoms with Crippen LogP contribution in [0.5, 0.6) is 0 Å². The second-order valence-electron chi connectivity index (χ2n) is 4.79. The van der Waals surface area contributed by atoms with Gasteiger partial charge in [0.2, 0.25) is 0 Å². The van der Waals surface area contributed by atoms with Crippen molar-refractivity contribution >= 4 is 0 Å². The van der Waals surface area contributed by atoms with Gasteiger partial charge >= 0.3 is 0 Å². The van der Waals surface area contributed by atoms with Crippen LogP contribution < -0.4 is 5.32 Å². The van der Waals surface area contributed by atoms with E-state index in [4.69, 9.17) is 5.11 Å². The quantitative estimate of drug-likeness (QED) is 0.741. The molecule has 0 aliphatic carbocycles. The molecular formula is C13H21NO. The molecule has 0 fully saturated rings. The Morgan fingerprint density at radius 2 is 1.93 bits per heavy atom. The van der Waals surface area contributed by atoms with E-state index in [0.29, 0.717) is 0 Å². The van der Waals surface area contributed by atoms with Crippen LogP contribution in [-0.4, -0.2) is 18.4 Å². The van der Waals surface area contributed by atoms with E-state index >= 15 is 0 Å². The Hall–Kier alpha value is -0.860. The smallest absolute Gasteiger partial charge is 0.0931 e. The topological polar surface area (TPSA) is 32.3 Å². The first kappa shape index (κ1) is 12.2. The van der Waals surface area contributed by atoms with Crippen molar-refractivity contribution in [1.82, 2.24) is 5.32 Å². The molecule has 84 valence electrons. The van der Waals surface area contributed by atoms with Gasteiger partial charge in [-0.05, 0) is 25.0 Å². The highest BCUT2D eigenvalue weighted by Gasteiger charge is 2.21. The Bertz CT molecular complexity index is 331. The van der Waals surface area contributed by atoms with E-state index < -0.39 is 0 Å². The van der Waals surface area contributed by atoms with E-state index in [0.717, 1.165) is 6.54 Å². The molecule has 0 saturated carbocycles. The van der Waals surface area contributed by atoms with Gasteiger partial charge in [-0.2, -0.15) is 0 Å². The van der Waals surface area contributed by atoms with Crippen molar-refractivity contribution in [2.45, 2.75) is 33.1 Å². The van der Waals surface area contributed by atoms with Gasteiger partial charge in [-0.25, -0.2) is 0 Å². The number of rotatable bonds is 4. The van der Waals surface area contributed by atoms with E-state index in [1.165, 1.54) is 16.7 Å². The average Bonchev–Trinajstić information content (AvgIpc) is 2.18. The summed E-state index contributed by atoms with van der Waals surface area (Å²) < 4.78 is 0. The van der Waals surface area contributed by atoms with E-state index in [2.05, 4.69) is 51.2 Å². The van der Waals surface area contributed by atoms with Crippen molar-refractivity contribution in [3.8, 4) is 0 Å². The molecule has 1 aromatic carbocycles. The van der Waals surface area contributed by atoms with Gasteiger partial charge in [0.1, 0.15) is 0 Å². The average molecular weight is 207 g/mol. The highest BCUT2D eigenvalue weighted by molar-refractivity contribution is 5.36. The number of aliphatic hydroxyl groups excluding tert-OH is 1. The summed E-state index contributed by atoms with van der Waals surface area (Å²) in [7, 11) is 0. The maximum absolute atomic E-state index is 8.79. The molecule has 2 nitrogen and oxygen atoms in total. The lowest BCUT2D eigenvalue weighted by Gasteiger charge is -2.27. The van der Waals surface area contributed by atoms with Crippen LogP contribution >= 0.6 is 0 Å². The fourth-order valence-corrected chi connectivity index (χ4v) is 1.93. The van der Waals surface area contributed by atoms with Crippen LogP contribution in [0.25, 0.3) is 0 Å². The molecule has 0 aromatic heterocycles. The zero-order chi connectivity index (χ0) is 11.5. The lowest BCUT2D eigenvalue weighted by molar-refractivity contribution is 0.247. The Balaban J connectivity index is 2.97. The number of aliphatic hydroxyl groups is 1. The van der Waals surface area contributed by atoms with Gasteiger partial charge in [0.15, 0.2) is 0 Å². The normalized spacial score (nSPS) is 11.8. The number of aryl methyl sites for hydroxylation is 2. The van der Waals surface area contributed by atoms with Crippen molar-refractivity contribution < 1.29 is 5.11 Å². The predicted octanol–water partition coefficient (Wildman–Crippen LogP) is 2.12. The first-order chi connectivity index (χ1) is 6.97. The molecule has 0 heterocycles. The highest BCUT2D eigenvalue weighted by atomic mass is 16.3. The van der Waals surface area contributed by atoms with Gasteiger partial charge < -0.3 is 5.11 Å². The molecule has 2 heteroatoms. The molecule has 0 aliphatic rings. The van der Waals surface area contributed by atoms with Gasteiger partial charge in [-0.1, -0.05) is 37.6 Å². The van der Waals surface area contributed by atoms with Gasteiger partial charge in [0.05, 0.1) is 6.73 Å². The second-order valence-corrected chi connectivity index (χ2v) is 4.79. The van der Waals surface area contributed by atoms with Crippen molar-refractivity contribution in [3.63, 3.8) is 0 Å². The monoisotopic (exact) mass is 207 g/mol. The number of hydrogen-bond acceptors (Lipinski definition) is 2. The summed E-state index contributed by atoms with van der Waals surface area (Å²) in [5, 5.41) is 11.8. The molecule has 0 atom stereocenters. The first-order valence-electron chi connectivity index (χ1n) is 5.36. The van der Waals surface area contributed by atoms with Gasteiger partial charge in [0, 0.05) is 12.0 Å². The summed E-state index contributed by atoms with van der Waals surface area (Å²) in [5.41, 5.74) is 4.00. The summed E-state index contributed by atoms with van der Waals surface area (Å²) in [6.07, 6.45) is 0. The van der Waals surface area contributed by atoms with Crippen LogP contribution in [0.4, 0.5) is 0 Å². The van der Waals surface area contributed by atoms with Crippen molar-refractivity contribution in [2.24, 2.45) is 0 Å². The molecule has 0 spiro atoms. The van der Waals surface area contributed by atoms with Crippen LogP contribution in [0.2, 0.25) is 0 Å². The molecule has 0 radical (unpaired) electrons. The minimum atomic E-state index is 0.0360. The summed E-state index contributed by atoms with van der Waals surface area (Å²) in [4.78, 5) is 0. The van der Waals surface area contributed by atoms with Crippen LogP contribution in [0, 0.1) is 13.8 Å². The molecule has 0 bridgehead atoms. The molecular weight excluding hydrogens is 186 g/mol. The first-order valence-corrected chi connectivity index (χ1v) is 5.36. The maximum Gasteiger partial charge on any atom is 0.0931 e. The summed E-state index contributed by atoms with van der Waals surface area (Å²) in [6.45, 7) is 9.45. The van der Waals surface area contributed by atoms with Crippen LogP contribution in [-0.2, 0) is 5.41 Å². The number of benzene rings is 1. The molecule has 0 unspecified atom stereocenters. The van der Waals surface area contributed by atoms with Crippen LogP contribution in [0.3, 0.4) is 0 Å². The third-order valence-electron chi connectivity index (χ3n) is 2.80. The lowest BCUT2D eigenvalue weighted by Crippen LogP contribution is -2.34. The zero-order valence-electron chi connectivity index (χ0n) is 10.1. The molecule has 1 aromatic rings. The maximum atomic E-state index is 8.79. The van der Waals surface area contributed by atoms with Crippen molar-refractivity contribution in [3.05, 3.63) is 34.9 Å². The van der Waals surface area contributed by atoms with E-state index in [9.17, 15) is 0 Å². The molecule has 0 amide bonds. The third kappa shape index (κ3) is 3.05. The second kappa shape index (κ2) is 4.77. The summed E-state index contributed by atoms with van der Waals surface area (Å²) in [6, 6.07) is 6.52. The lowest BCUT2D eigenvalue weighted by atomic mass is 9.81. The van der Waals surface area contributed by atoms with Gasteiger partial charge in [0.25, 0.3) is 0 Å². The van der Waals surface area contributed by atoms with E-state index in [1.54, 1.807) is 0 Å². The van der Waals surface area contributed by atoms with Crippen molar-refractivity contribution in [1.29, 1.82) is 0 Å². The summed E-state index contributed by atoms with van der Waals surface area (Å²) >= 11 is 0. The number of hydrogen-bond donors (Lipinski definition) is 2. The van der Waals surface area contributed by atoms with Gasteiger partial charge in [-0.3, -0.25) is 5.32 Å². The van der Waals surface area contributed by atoms with Crippen LogP contribution in [0.15, 0.2) is 18.2 Å². The summed E-state index contributed by atoms with van der Waals surface area (Å²) in [5.74, 6) is 0. The molecule has 1 rings (SSSR count). The molecule has 15 heavy (non-hydrogen) atoms. The molecule has 0 saturated heterocycles. The van der Waals surface area contributed by atoms with Gasteiger partial charge in [-0.15, -0.1) is 0 Å². The van der Waals surface area contributed by atoms with E-state index in [-0.39, 0.29) is 12.1 Å². The van der Waals surface area contributed by atoms with Crippen molar-refractivity contribution in [2.75, 3.05) is 13.3 Å². The SMILES string of the molecule is Cc1ccc(C)c(C(C)(C)CNCO)c1. The largest absolute Gasteiger partial charge is 0.381 e. The fourth-order valence-electron chi connectivity index (χ4n) is 1.93. The predicted molar refractivity (Wildman–Crippen MR) is 64.0 cm³/mol.